The number of halogens is 2. The fourth-order valence-corrected chi connectivity index (χ4v) is 3.81. The normalized spacial score (nSPS) is 27.6. The summed E-state index contributed by atoms with van der Waals surface area (Å²) in [6.07, 6.45) is 4.60. The minimum atomic E-state index is -0.783. The van der Waals surface area contributed by atoms with Crippen LogP contribution >= 0.6 is 0 Å². The van der Waals surface area contributed by atoms with Crippen LogP contribution in [0.15, 0.2) is 18.2 Å². The monoisotopic (exact) mass is 281 g/mol. The summed E-state index contributed by atoms with van der Waals surface area (Å²) in [7, 11) is 0. The van der Waals surface area contributed by atoms with Crippen molar-refractivity contribution >= 4 is 0 Å². The van der Waals surface area contributed by atoms with E-state index in [9.17, 15) is 8.78 Å². The molecule has 3 heteroatoms. The van der Waals surface area contributed by atoms with Crippen molar-refractivity contribution in [2.24, 2.45) is 17.1 Å². The molecule has 1 nitrogen and oxygen atoms in total. The molecule has 1 aromatic carbocycles. The third-order valence-electron chi connectivity index (χ3n) is 4.68. The molecule has 0 saturated heterocycles. The quantitative estimate of drug-likeness (QED) is 0.852. The van der Waals surface area contributed by atoms with Crippen LogP contribution in [0.5, 0.6) is 0 Å². The van der Waals surface area contributed by atoms with Crippen LogP contribution in [-0.2, 0) is 6.42 Å². The van der Waals surface area contributed by atoms with Gasteiger partial charge in [0.1, 0.15) is 0 Å². The number of benzene rings is 1. The Morgan fingerprint density at radius 2 is 1.95 bits per heavy atom. The van der Waals surface area contributed by atoms with E-state index in [4.69, 9.17) is 5.73 Å². The lowest BCUT2D eigenvalue weighted by atomic mass is 9.61. The average molecular weight is 281 g/mol. The van der Waals surface area contributed by atoms with Crippen molar-refractivity contribution in [2.45, 2.75) is 58.4 Å². The molecule has 0 bridgehead atoms. The molecule has 2 rings (SSSR count). The Morgan fingerprint density at radius 3 is 2.60 bits per heavy atom. The highest BCUT2D eigenvalue weighted by Gasteiger charge is 2.43. The Morgan fingerprint density at radius 1 is 1.25 bits per heavy atom. The smallest absolute Gasteiger partial charge is 0.162 e. The second-order valence-electron chi connectivity index (χ2n) is 7.29. The Balaban J connectivity index is 2.30. The van der Waals surface area contributed by atoms with Crippen molar-refractivity contribution < 1.29 is 8.78 Å². The lowest BCUT2D eigenvalue weighted by Gasteiger charge is -2.48. The minimum Gasteiger partial charge on any atom is -0.325 e. The SMILES string of the molecule is CC(C)(C)C1CCCCC1(N)Cc1cccc(F)c1F. The van der Waals surface area contributed by atoms with Gasteiger partial charge < -0.3 is 5.73 Å². The van der Waals surface area contributed by atoms with Crippen molar-refractivity contribution in [2.75, 3.05) is 0 Å². The summed E-state index contributed by atoms with van der Waals surface area (Å²) >= 11 is 0. The Labute approximate surface area is 120 Å². The molecule has 20 heavy (non-hydrogen) atoms. The first-order valence-corrected chi connectivity index (χ1v) is 7.46. The second-order valence-corrected chi connectivity index (χ2v) is 7.29. The molecule has 2 atom stereocenters. The number of nitrogens with two attached hydrogens (primary N) is 1. The van der Waals surface area contributed by atoms with Crippen LogP contribution < -0.4 is 5.73 Å². The molecular weight excluding hydrogens is 256 g/mol. The molecule has 1 aromatic rings. The first kappa shape index (κ1) is 15.4. The van der Waals surface area contributed by atoms with Gasteiger partial charge in [0.25, 0.3) is 0 Å². The molecule has 112 valence electrons. The maximum absolute atomic E-state index is 13.9. The molecule has 0 radical (unpaired) electrons. The summed E-state index contributed by atoms with van der Waals surface area (Å²) in [4.78, 5) is 0. The summed E-state index contributed by atoms with van der Waals surface area (Å²) < 4.78 is 27.3. The van der Waals surface area contributed by atoms with Crippen molar-refractivity contribution in [1.82, 2.24) is 0 Å². The van der Waals surface area contributed by atoms with E-state index in [2.05, 4.69) is 20.8 Å². The lowest BCUT2D eigenvalue weighted by Crippen LogP contribution is -2.55. The highest BCUT2D eigenvalue weighted by Crippen LogP contribution is 2.44. The Hall–Kier alpha value is -0.960. The van der Waals surface area contributed by atoms with Crippen molar-refractivity contribution in [3.05, 3.63) is 35.4 Å². The highest BCUT2D eigenvalue weighted by molar-refractivity contribution is 5.22. The van der Waals surface area contributed by atoms with Crippen LogP contribution in [0.25, 0.3) is 0 Å². The number of rotatable bonds is 2. The summed E-state index contributed by atoms with van der Waals surface area (Å²) in [6, 6.07) is 4.37. The molecule has 2 N–H and O–H groups in total. The van der Waals surface area contributed by atoms with E-state index >= 15 is 0 Å². The average Bonchev–Trinajstić information content (AvgIpc) is 2.34. The van der Waals surface area contributed by atoms with E-state index in [1.165, 1.54) is 6.42 Å². The molecule has 1 aliphatic carbocycles. The Bertz CT molecular complexity index is 478. The van der Waals surface area contributed by atoms with Crippen molar-refractivity contribution in [3.8, 4) is 0 Å². The standard InChI is InChI=1S/C17H25F2N/c1-16(2,3)14-9-4-5-10-17(14,20)11-12-7-6-8-13(18)15(12)19/h6-8,14H,4-5,9-11,20H2,1-3H3. The van der Waals surface area contributed by atoms with Crippen molar-refractivity contribution in [1.29, 1.82) is 0 Å². The molecule has 2 unspecified atom stereocenters. The van der Waals surface area contributed by atoms with Gasteiger partial charge >= 0.3 is 0 Å². The van der Waals surface area contributed by atoms with E-state index in [-0.39, 0.29) is 5.41 Å². The summed E-state index contributed by atoms with van der Waals surface area (Å²) in [5.41, 5.74) is 6.70. The van der Waals surface area contributed by atoms with Gasteiger partial charge in [-0.05, 0) is 42.2 Å². The van der Waals surface area contributed by atoms with Crippen molar-refractivity contribution in [3.63, 3.8) is 0 Å². The molecule has 1 saturated carbocycles. The first-order chi connectivity index (χ1) is 9.24. The van der Waals surface area contributed by atoms with Crippen LogP contribution in [0, 0.1) is 23.0 Å². The Kier molecular flexibility index (Phi) is 4.19. The maximum Gasteiger partial charge on any atom is 0.162 e. The fraction of sp³-hybridized carbons (Fsp3) is 0.647. The molecule has 0 heterocycles. The van der Waals surface area contributed by atoms with Crippen LogP contribution in [0.1, 0.15) is 52.0 Å². The fourth-order valence-electron chi connectivity index (χ4n) is 3.81. The number of hydrogen-bond donors (Lipinski definition) is 1. The first-order valence-electron chi connectivity index (χ1n) is 7.46. The highest BCUT2D eigenvalue weighted by atomic mass is 19.2. The predicted octanol–water partition coefficient (Wildman–Crippen LogP) is 4.44. The maximum atomic E-state index is 13.9. The minimum absolute atomic E-state index is 0.0823. The van der Waals surface area contributed by atoms with Gasteiger partial charge in [-0.15, -0.1) is 0 Å². The lowest BCUT2D eigenvalue weighted by molar-refractivity contribution is 0.0786. The summed E-state index contributed by atoms with van der Waals surface area (Å²) in [6.45, 7) is 6.56. The van der Waals surface area contributed by atoms with Gasteiger partial charge in [0, 0.05) is 5.54 Å². The summed E-state index contributed by atoms with van der Waals surface area (Å²) in [5, 5.41) is 0. The van der Waals surface area contributed by atoms with E-state index < -0.39 is 17.2 Å². The van der Waals surface area contributed by atoms with E-state index in [1.54, 1.807) is 12.1 Å². The van der Waals surface area contributed by atoms with Crippen LogP contribution in [0.4, 0.5) is 8.78 Å². The molecule has 0 spiro atoms. The largest absolute Gasteiger partial charge is 0.325 e. The van der Waals surface area contributed by atoms with Crippen LogP contribution in [0.3, 0.4) is 0 Å². The van der Waals surface area contributed by atoms with E-state index in [0.717, 1.165) is 25.3 Å². The molecular formula is C17H25F2N. The zero-order valence-corrected chi connectivity index (χ0v) is 12.7. The second kappa shape index (κ2) is 5.44. The van der Waals surface area contributed by atoms with Gasteiger partial charge in [0.2, 0.25) is 0 Å². The third kappa shape index (κ3) is 3.03. The third-order valence-corrected chi connectivity index (χ3v) is 4.68. The van der Waals surface area contributed by atoms with Crippen LogP contribution in [0.2, 0.25) is 0 Å². The van der Waals surface area contributed by atoms with Gasteiger partial charge in [-0.25, -0.2) is 8.78 Å². The van der Waals surface area contributed by atoms with Gasteiger partial charge in [0.05, 0.1) is 0 Å². The molecule has 1 fully saturated rings. The summed E-state index contributed by atoms with van der Waals surface area (Å²) in [5.74, 6) is -1.20. The molecule has 0 amide bonds. The predicted molar refractivity (Wildman–Crippen MR) is 78.4 cm³/mol. The zero-order chi connectivity index (χ0) is 15.0. The zero-order valence-electron chi connectivity index (χ0n) is 12.7. The van der Waals surface area contributed by atoms with Gasteiger partial charge in [0.15, 0.2) is 11.6 Å². The van der Waals surface area contributed by atoms with E-state index in [1.807, 2.05) is 0 Å². The number of hydrogen-bond acceptors (Lipinski definition) is 1. The topological polar surface area (TPSA) is 26.0 Å². The van der Waals surface area contributed by atoms with Crippen LogP contribution in [-0.4, -0.2) is 5.54 Å². The molecule has 0 aromatic heterocycles. The van der Waals surface area contributed by atoms with Gasteiger partial charge in [-0.3, -0.25) is 0 Å². The van der Waals surface area contributed by atoms with E-state index in [0.29, 0.717) is 17.9 Å². The molecule has 1 aliphatic rings. The van der Waals surface area contributed by atoms with Gasteiger partial charge in [-0.2, -0.15) is 0 Å². The molecule has 0 aliphatic heterocycles. The van der Waals surface area contributed by atoms with Gasteiger partial charge in [-0.1, -0.05) is 45.7 Å².